The topological polar surface area (TPSA) is 51.2 Å². The van der Waals surface area contributed by atoms with E-state index >= 15 is 0 Å². The number of halogens is 1. The van der Waals surface area contributed by atoms with Crippen LogP contribution in [0.3, 0.4) is 0 Å². The second-order valence-electron chi connectivity index (χ2n) is 5.84. The number of carbonyl (C=O) groups is 1. The molecule has 1 atom stereocenters. The number of para-hydroxylation sites is 1. The number of aryl methyl sites for hydroxylation is 1. The van der Waals surface area contributed by atoms with E-state index in [0.29, 0.717) is 16.6 Å². The number of hydrogen-bond acceptors (Lipinski definition) is 4. The van der Waals surface area contributed by atoms with Crippen molar-refractivity contribution in [2.45, 2.75) is 19.4 Å². The van der Waals surface area contributed by atoms with Crippen molar-refractivity contribution in [3.63, 3.8) is 0 Å². The number of aromatic nitrogens is 1. The van der Waals surface area contributed by atoms with Crippen LogP contribution in [-0.4, -0.2) is 17.0 Å². The SMILES string of the molecule is Cc1sc(NC(=O)C2Cc3ccccc3O2)nc1-c1ccc(Cl)cc1. The van der Waals surface area contributed by atoms with Crippen molar-refractivity contribution in [2.75, 3.05) is 5.32 Å². The Kier molecular flexibility index (Phi) is 4.19. The Morgan fingerprint density at radius 1 is 1.24 bits per heavy atom. The number of hydrogen-bond donors (Lipinski definition) is 1. The first kappa shape index (κ1) is 16.1. The second-order valence-corrected chi connectivity index (χ2v) is 7.48. The molecule has 0 aliphatic carbocycles. The molecule has 1 N–H and O–H groups in total. The van der Waals surface area contributed by atoms with Gasteiger partial charge in [0.2, 0.25) is 0 Å². The highest BCUT2D eigenvalue weighted by atomic mass is 35.5. The number of rotatable bonds is 3. The molecule has 4 rings (SSSR count). The summed E-state index contributed by atoms with van der Waals surface area (Å²) in [6, 6.07) is 15.2. The van der Waals surface area contributed by atoms with Gasteiger partial charge in [-0.05, 0) is 30.7 Å². The molecule has 0 radical (unpaired) electrons. The minimum Gasteiger partial charge on any atom is -0.480 e. The number of nitrogens with zero attached hydrogens (tertiary/aromatic N) is 1. The molecule has 6 heteroatoms. The van der Waals surface area contributed by atoms with Gasteiger partial charge in [0.1, 0.15) is 5.75 Å². The standard InChI is InChI=1S/C19H15ClN2O2S/c1-11-17(12-6-8-14(20)9-7-12)21-19(25-11)22-18(23)16-10-13-4-2-3-5-15(13)24-16/h2-9,16H,10H2,1H3,(H,21,22,23). The van der Waals surface area contributed by atoms with Gasteiger partial charge in [-0.1, -0.05) is 41.9 Å². The monoisotopic (exact) mass is 370 g/mol. The molecule has 0 bridgehead atoms. The van der Waals surface area contributed by atoms with Crippen molar-refractivity contribution in [1.82, 2.24) is 4.98 Å². The zero-order valence-electron chi connectivity index (χ0n) is 13.5. The molecule has 4 nitrogen and oxygen atoms in total. The normalized spacial score (nSPS) is 15.5. The highest BCUT2D eigenvalue weighted by molar-refractivity contribution is 7.16. The van der Waals surface area contributed by atoms with E-state index in [1.807, 2.05) is 55.5 Å². The Balaban J connectivity index is 1.49. The molecule has 0 saturated carbocycles. The van der Waals surface area contributed by atoms with Crippen LogP contribution in [0.15, 0.2) is 48.5 Å². The van der Waals surface area contributed by atoms with Gasteiger partial charge < -0.3 is 4.74 Å². The Morgan fingerprint density at radius 3 is 2.76 bits per heavy atom. The number of ether oxygens (including phenoxy) is 1. The van der Waals surface area contributed by atoms with Crippen LogP contribution < -0.4 is 10.1 Å². The van der Waals surface area contributed by atoms with E-state index in [4.69, 9.17) is 16.3 Å². The van der Waals surface area contributed by atoms with E-state index in [1.165, 1.54) is 11.3 Å². The Bertz CT molecular complexity index is 912. The number of amides is 1. The third kappa shape index (κ3) is 3.25. The number of anilines is 1. The zero-order valence-corrected chi connectivity index (χ0v) is 15.0. The molecule has 2 heterocycles. The molecular formula is C19H15ClN2O2S. The first-order valence-electron chi connectivity index (χ1n) is 7.89. The van der Waals surface area contributed by atoms with Crippen LogP contribution in [0, 0.1) is 6.92 Å². The van der Waals surface area contributed by atoms with Crippen molar-refractivity contribution in [3.05, 3.63) is 64.0 Å². The maximum absolute atomic E-state index is 12.5. The Labute approximate surface area is 154 Å². The van der Waals surface area contributed by atoms with Crippen LogP contribution in [0.5, 0.6) is 5.75 Å². The number of thiazole rings is 1. The molecule has 0 saturated heterocycles. The molecule has 3 aromatic rings. The summed E-state index contributed by atoms with van der Waals surface area (Å²) in [5.74, 6) is 0.604. The molecule has 1 amide bonds. The van der Waals surface area contributed by atoms with Crippen LogP contribution in [-0.2, 0) is 11.2 Å². The van der Waals surface area contributed by atoms with Gasteiger partial charge in [0.05, 0.1) is 5.69 Å². The summed E-state index contributed by atoms with van der Waals surface area (Å²) in [4.78, 5) is 18.1. The van der Waals surface area contributed by atoms with Crippen LogP contribution >= 0.6 is 22.9 Å². The van der Waals surface area contributed by atoms with Crippen molar-refractivity contribution >= 4 is 34.0 Å². The fourth-order valence-electron chi connectivity index (χ4n) is 2.84. The number of benzene rings is 2. The van der Waals surface area contributed by atoms with Crippen molar-refractivity contribution in [3.8, 4) is 17.0 Å². The lowest BCUT2D eigenvalue weighted by atomic mass is 10.1. The van der Waals surface area contributed by atoms with Gasteiger partial charge in [0.15, 0.2) is 11.2 Å². The first-order chi connectivity index (χ1) is 12.1. The fourth-order valence-corrected chi connectivity index (χ4v) is 3.80. The third-order valence-corrected chi connectivity index (χ3v) is 5.22. The van der Waals surface area contributed by atoms with Crippen LogP contribution in [0.25, 0.3) is 11.3 Å². The van der Waals surface area contributed by atoms with Gasteiger partial charge in [-0.15, -0.1) is 11.3 Å². The summed E-state index contributed by atoms with van der Waals surface area (Å²) >= 11 is 7.39. The molecule has 2 aromatic carbocycles. The zero-order chi connectivity index (χ0) is 17.4. The van der Waals surface area contributed by atoms with E-state index in [1.54, 1.807) is 0 Å². The van der Waals surface area contributed by atoms with Crippen molar-refractivity contribution in [2.24, 2.45) is 0 Å². The molecule has 1 aromatic heterocycles. The minimum atomic E-state index is -0.513. The summed E-state index contributed by atoms with van der Waals surface area (Å²) < 4.78 is 5.73. The number of fused-ring (bicyclic) bond motifs is 1. The predicted octanol–water partition coefficient (Wildman–Crippen LogP) is 4.71. The van der Waals surface area contributed by atoms with Gasteiger partial charge in [-0.3, -0.25) is 10.1 Å². The van der Waals surface area contributed by atoms with Gasteiger partial charge in [-0.25, -0.2) is 4.98 Å². The molecular weight excluding hydrogens is 356 g/mol. The summed E-state index contributed by atoms with van der Waals surface area (Å²) in [6.07, 6.45) is 0.0664. The summed E-state index contributed by atoms with van der Waals surface area (Å²) in [5, 5.41) is 4.14. The van der Waals surface area contributed by atoms with Gasteiger partial charge in [0, 0.05) is 21.9 Å². The molecule has 0 fully saturated rings. The minimum absolute atomic E-state index is 0.174. The molecule has 1 aliphatic heterocycles. The second kappa shape index (κ2) is 6.50. The quantitative estimate of drug-likeness (QED) is 0.726. The molecule has 1 unspecified atom stereocenters. The van der Waals surface area contributed by atoms with Gasteiger partial charge in [0.25, 0.3) is 5.91 Å². The van der Waals surface area contributed by atoms with E-state index in [-0.39, 0.29) is 5.91 Å². The molecule has 1 aliphatic rings. The predicted molar refractivity (Wildman–Crippen MR) is 100 cm³/mol. The number of carbonyl (C=O) groups excluding carboxylic acids is 1. The largest absolute Gasteiger partial charge is 0.480 e. The molecule has 0 spiro atoms. The van der Waals surface area contributed by atoms with Gasteiger partial charge in [-0.2, -0.15) is 0 Å². The van der Waals surface area contributed by atoms with Crippen LogP contribution in [0.4, 0.5) is 5.13 Å². The van der Waals surface area contributed by atoms with E-state index < -0.39 is 6.10 Å². The fraction of sp³-hybridized carbons (Fsp3) is 0.158. The van der Waals surface area contributed by atoms with Gasteiger partial charge >= 0.3 is 0 Å². The van der Waals surface area contributed by atoms with E-state index in [0.717, 1.165) is 27.4 Å². The average molecular weight is 371 g/mol. The van der Waals surface area contributed by atoms with Crippen molar-refractivity contribution in [1.29, 1.82) is 0 Å². The molecule has 126 valence electrons. The highest BCUT2D eigenvalue weighted by Crippen LogP contribution is 2.32. The maximum Gasteiger partial charge on any atom is 0.267 e. The maximum atomic E-state index is 12.5. The summed E-state index contributed by atoms with van der Waals surface area (Å²) in [7, 11) is 0. The number of nitrogens with one attached hydrogen (secondary N) is 1. The van der Waals surface area contributed by atoms with Crippen LogP contribution in [0.1, 0.15) is 10.4 Å². The van der Waals surface area contributed by atoms with Crippen LogP contribution in [0.2, 0.25) is 5.02 Å². The Hall–Kier alpha value is -2.37. The molecule has 25 heavy (non-hydrogen) atoms. The summed E-state index contributed by atoms with van der Waals surface area (Å²) in [5.41, 5.74) is 2.88. The Morgan fingerprint density at radius 2 is 2.00 bits per heavy atom. The van der Waals surface area contributed by atoms with Crippen molar-refractivity contribution < 1.29 is 9.53 Å². The third-order valence-electron chi connectivity index (χ3n) is 4.08. The summed E-state index contributed by atoms with van der Waals surface area (Å²) in [6.45, 7) is 1.99. The average Bonchev–Trinajstić information content (AvgIpc) is 3.19. The lowest BCUT2D eigenvalue weighted by Gasteiger charge is -2.09. The highest BCUT2D eigenvalue weighted by Gasteiger charge is 2.29. The first-order valence-corrected chi connectivity index (χ1v) is 9.08. The smallest absolute Gasteiger partial charge is 0.267 e. The van der Waals surface area contributed by atoms with E-state index in [9.17, 15) is 4.79 Å². The lowest BCUT2D eigenvalue weighted by molar-refractivity contribution is -0.122. The lowest BCUT2D eigenvalue weighted by Crippen LogP contribution is -2.31. The van der Waals surface area contributed by atoms with E-state index in [2.05, 4.69) is 10.3 Å².